The van der Waals surface area contributed by atoms with E-state index in [1.165, 1.54) is 0 Å². The third-order valence-electron chi connectivity index (χ3n) is 6.74. The van der Waals surface area contributed by atoms with Crippen LogP contribution in [0.2, 0.25) is 0 Å². The molecule has 1 aromatic rings. The van der Waals surface area contributed by atoms with Gasteiger partial charge in [0.05, 0.1) is 6.61 Å². The molecule has 3 aliphatic heterocycles. The molecule has 3 aliphatic rings. The molecule has 12 heteroatoms. The number of aldehydes is 1. The minimum atomic E-state index is -2.25. The van der Waals surface area contributed by atoms with Gasteiger partial charge in [0.15, 0.2) is 12.4 Å². The molecule has 10 atom stereocenters. The lowest BCUT2D eigenvalue weighted by atomic mass is 9.97. The lowest BCUT2D eigenvalue weighted by Gasteiger charge is -2.38. The van der Waals surface area contributed by atoms with Crippen molar-refractivity contribution in [2.45, 2.75) is 73.6 Å². The van der Waals surface area contributed by atoms with Crippen LogP contribution in [-0.4, -0.2) is 122 Å². The maximum absolute atomic E-state index is 12.4. The number of carboxylic acid groups (broad SMARTS) is 1. The van der Waals surface area contributed by atoms with Crippen LogP contribution in [0.4, 0.5) is 0 Å². The van der Waals surface area contributed by atoms with Gasteiger partial charge in [-0.15, -0.1) is 0 Å². The number of likely N-dealkylation sites (N-methyl/N-ethyl adjacent to an activating group) is 1. The minimum absolute atomic E-state index is 0.0622. The molecule has 0 radical (unpaired) electrons. The lowest BCUT2D eigenvalue weighted by Crippen LogP contribution is -2.48. The Morgan fingerprint density at radius 1 is 1.09 bits per heavy atom. The first kappa shape index (κ1) is 27.1. The summed E-state index contributed by atoms with van der Waals surface area (Å²) in [6.45, 7) is -0.226. The van der Waals surface area contributed by atoms with Crippen molar-refractivity contribution in [2.24, 2.45) is 0 Å². The number of aliphatic hydroxyl groups excluding tert-OH is 5. The van der Waals surface area contributed by atoms with Gasteiger partial charge in [-0.3, -0.25) is 9.69 Å². The second kappa shape index (κ2) is 11.5. The first-order valence-corrected chi connectivity index (χ1v) is 11.2. The predicted octanol–water partition coefficient (Wildman–Crippen LogP) is -2.37. The van der Waals surface area contributed by atoms with Gasteiger partial charge in [0.1, 0.15) is 42.5 Å². The van der Waals surface area contributed by atoms with Crippen LogP contribution < -0.4 is 0 Å². The number of nitrogens with zero attached hydrogens (tertiary/aromatic N) is 1. The highest BCUT2D eigenvalue weighted by molar-refractivity contribution is 5.78. The molecule has 3 saturated heterocycles. The number of esters is 1. The lowest BCUT2D eigenvalue weighted by molar-refractivity contribution is -0.163. The smallest absolute Gasteiger partial charge is 0.335 e. The van der Waals surface area contributed by atoms with Gasteiger partial charge >= 0.3 is 11.9 Å². The maximum atomic E-state index is 12.4. The molecule has 0 aliphatic carbocycles. The Hall–Kier alpha value is -2.45. The van der Waals surface area contributed by atoms with E-state index < -0.39 is 36.3 Å². The van der Waals surface area contributed by atoms with Gasteiger partial charge in [-0.2, -0.15) is 0 Å². The van der Waals surface area contributed by atoms with Crippen LogP contribution in [0.3, 0.4) is 0 Å². The van der Waals surface area contributed by atoms with Crippen LogP contribution >= 0.6 is 0 Å². The van der Waals surface area contributed by atoms with Crippen LogP contribution in [0, 0.1) is 0 Å². The second-order valence-corrected chi connectivity index (χ2v) is 8.93. The molecule has 3 fully saturated rings. The SMILES string of the molecule is CN1[C@@H]2CC(OC(=O)[C@H](CO)c3ccccc3)C[C@H]1[C@@H]1O[C@@H]12.O=C[C@H](O)[C@@H](O)[C@H](O)[C@H](O)C(=O)O. The van der Waals surface area contributed by atoms with E-state index in [2.05, 4.69) is 11.9 Å². The number of fused-ring (bicyclic) bond motifs is 5. The van der Waals surface area contributed by atoms with Crippen molar-refractivity contribution in [3.63, 3.8) is 0 Å². The highest BCUT2D eigenvalue weighted by atomic mass is 16.6. The summed E-state index contributed by atoms with van der Waals surface area (Å²) in [5.74, 6) is -2.67. The van der Waals surface area contributed by atoms with E-state index >= 15 is 0 Å². The number of ether oxygens (including phenoxy) is 2. The number of carbonyl (C=O) groups is 3. The topological polar surface area (TPSA) is 198 Å². The number of morpholine rings is 1. The number of epoxide rings is 1. The first-order valence-electron chi connectivity index (χ1n) is 11.2. The highest BCUT2D eigenvalue weighted by Crippen LogP contribution is 2.48. The first-order chi connectivity index (χ1) is 16.6. The van der Waals surface area contributed by atoms with Gasteiger partial charge < -0.3 is 44.9 Å². The quantitative estimate of drug-likeness (QED) is 0.121. The summed E-state index contributed by atoms with van der Waals surface area (Å²) in [4.78, 5) is 34.7. The van der Waals surface area contributed by atoms with Crippen molar-refractivity contribution >= 4 is 18.2 Å². The summed E-state index contributed by atoms with van der Waals surface area (Å²) in [6.07, 6.45) is -6.13. The summed E-state index contributed by atoms with van der Waals surface area (Å²) in [5.41, 5.74) is 0.803. The standard InChI is InChI=1S/C17H21NO4.C6H10O7/c1-18-13-7-11(8-14(18)16-15(13)22-16)21-17(20)12(9-19)10-5-3-2-4-6-10;7-1-2(8)3(9)4(10)5(11)6(12)13/h2-6,11-16,19H,7-9H2,1H3;1-5,8-11H,(H,12,13)/t11?,12-,13-,14+,15-,16+;2-,3+,4-,5-/m10/s1. The zero-order valence-corrected chi connectivity index (χ0v) is 19.0. The van der Waals surface area contributed by atoms with Crippen LogP contribution in [0.25, 0.3) is 0 Å². The molecular weight excluding hydrogens is 466 g/mol. The number of carboxylic acids is 1. The van der Waals surface area contributed by atoms with Crippen molar-refractivity contribution in [2.75, 3.05) is 13.7 Å². The van der Waals surface area contributed by atoms with Gasteiger partial charge in [0.2, 0.25) is 0 Å². The van der Waals surface area contributed by atoms with Crippen molar-refractivity contribution < 1.29 is 54.5 Å². The maximum Gasteiger partial charge on any atom is 0.335 e. The average molecular weight is 497 g/mol. The van der Waals surface area contributed by atoms with Gasteiger partial charge in [-0.05, 0) is 12.6 Å². The number of aliphatic hydroxyl groups is 5. The van der Waals surface area contributed by atoms with Gasteiger partial charge in [0.25, 0.3) is 0 Å². The van der Waals surface area contributed by atoms with Gasteiger partial charge in [-0.1, -0.05) is 30.3 Å². The van der Waals surface area contributed by atoms with Crippen LogP contribution in [-0.2, 0) is 23.9 Å². The fraction of sp³-hybridized carbons (Fsp3) is 0.609. The normalized spacial score (nSPS) is 31.0. The third-order valence-corrected chi connectivity index (χ3v) is 6.74. The van der Waals surface area contributed by atoms with Crippen LogP contribution in [0.5, 0.6) is 0 Å². The molecule has 0 saturated carbocycles. The number of hydrogen-bond acceptors (Lipinski definition) is 11. The summed E-state index contributed by atoms with van der Waals surface area (Å²) >= 11 is 0. The summed E-state index contributed by atoms with van der Waals surface area (Å²) in [6, 6.07) is 10.1. The molecule has 194 valence electrons. The van der Waals surface area contributed by atoms with Crippen LogP contribution in [0.15, 0.2) is 30.3 Å². The molecule has 0 spiro atoms. The number of benzene rings is 1. The fourth-order valence-corrected chi connectivity index (χ4v) is 4.66. The predicted molar refractivity (Wildman–Crippen MR) is 117 cm³/mol. The monoisotopic (exact) mass is 497 g/mol. The number of hydrogen-bond donors (Lipinski definition) is 6. The summed E-state index contributed by atoms with van der Waals surface area (Å²) in [5, 5.41) is 52.8. The summed E-state index contributed by atoms with van der Waals surface area (Å²) in [7, 11) is 2.13. The zero-order chi connectivity index (χ0) is 25.9. The van der Waals surface area contributed by atoms with E-state index in [4.69, 9.17) is 35.0 Å². The van der Waals surface area contributed by atoms with Crippen LogP contribution in [0.1, 0.15) is 24.3 Å². The summed E-state index contributed by atoms with van der Waals surface area (Å²) < 4.78 is 11.4. The van der Waals surface area contributed by atoms with E-state index in [9.17, 15) is 19.5 Å². The van der Waals surface area contributed by atoms with E-state index in [-0.39, 0.29) is 25.0 Å². The molecule has 12 nitrogen and oxygen atoms in total. The van der Waals surface area contributed by atoms with Crippen molar-refractivity contribution in [1.29, 1.82) is 0 Å². The Morgan fingerprint density at radius 3 is 2.14 bits per heavy atom. The van der Waals surface area contributed by atoms with E-state index in [1.807, 2.05) is 30.3 Å². The van der Waals surface area contributed by atoms with Gasteiger partial charge in [-0.25, -0.2) is 4.79 Å². The van der Waals surface area contributed by atoms with E-state index in [0.29, 0.717) is 24.3 Å². The molecule has 0 aromatic heterocycles. The van der Waals surface area contributed by atoms with Gasteiger partial charge in [0, 0.05) is 24.9 Å². The Bertz CT molecular complexity index is 865. The number of aliphatic carboxylic acids is 1. The molecule has 3 heterocycles. The second-order valence-electron chi connectivity index (χ2n) is 8.93. The van der Waals surface area contributed by atoms with E-state index in [1.54, 1.807) is 0 Å². The molecule has 6 N–H and O–H groups in total. The highest BCUT2D eigenvalue weighted by Gasteiger charge is 2.62. The molecular formula is C23H31NO11. The Labute approximate surface area is 201 Å². The van der Waals surface area contributed by atoms with Crippen molar-refractivity contribution in [1.82, 2.24) is 4.90 Å². The molecule has 2 bridgehead atoms. The Morgan fingerprint density at radius 2 is 1.66 bits per heavy atom. The Kier molecular flexibility index (Phi) is 8.94. The third kappa shape index (κ3) is 6.04. The zero-order valence-electron chi connectivity index (χ0n) is 19.0. The average Bonchev–Trinajstić information content (AvgIpc) is 3.62. The Balaban J connectivity index is 0.000000228. The molecule has 0 amide bonds. The number of piperidine rings is 1. The molecule has 1 unspecified atom stereocenters. The number of rotatable bonds is 9. The van der Waals surface area contributed by atoms with Crippen molar-refractivity contribution in [3.8, 4) is 0 Å². The van der Waals surface area contributed by atoms with E-state index in [0.717, 1.165) is 18.4 Å². The van der Waals surface area contributed by atoms with Crippen molar-refractivity contribution in [3.05, 3.63) is 35.9 Å². The molecule has 1 aromatic carbocycles. The largest absolute Gasteiger partial charge is 0.479 e. The molecule has 4 rings (SSSR count). The number of carbonyl (C=O) groups excluding carboxylic acids is 2. The minimum Gasteiger partial charge on any atom is -0.479 e. The molecule has 35 heavy (non-hydrogen) atoms. The fourth-order valence-electron chi connectivity index (χ4n) is 4.66.